The third-order valence-electron chi connectivity index (χ3n) is 4.76. The molecule has 1 saturated heterocycles. The first-order valence-corrected chi connectivity index (χ1v) is 7.30. The van der Waals surface area contributed by atoms with Gasteiger partial charge in [0.05, 0.1) is 0 Å². The predicted molar refractivity (Wildman–Crippen MR) is 75.6 cm³/mol. The minimum Gasteiger partial charge on any atom is -0.330 e. The molecule has 0 saturated carbocycles. The monoisotopic (exact) mass is 244 g/mol. The van der Waals surface area contributed by atoms with Gasteiger partial charge in [0.15, 0.2) is 0 Å². The molecule has 1 aliphatic carbocycles. The second-order valence-electron chi connectivity index (χ2n) is 5.98. The minimum absolute atomic E-state index is 0.603. The molecule has 1 aliphatic heterocycles. The van der Waals surface area contributed by atoms with Gasteiger partial charge >= 0.3 is 0 Å². The van der Waals surface area contributed by atoms with E-state index in [2.05, 4.69) is 30.1 Å². The molecule has 1 heterocycles. The topological polar surface area (TPSA) is 29.3 Å². The summed E-state index contributed by atoms with van der Waals surface area (Å²) >= 11 is 0. The normalized spacial score (nSPS) is 28.3. The van der Waals surface area contributed by atoms with Gasteiger partial charge in [0.25, 0.3) is 0 Å². The van der Waals surface area contributed by atoms with Gasteiger partial charge in [-0.15, -0.1) is 0 Å². The lowest BCUT2D eigenvalue weighted by atomic mass is 9.85. The molecule has 2 N–H and O–H groups in total. The van der Waals surface area contributed by atoms with Gasteiger partial charge in [0.2, 0.25) is 0 Å². The van der Waals surface area contributed by atoms with Gasteiger partial charge in [-0.3, -0.25) is 4.90 Å². The maximum absolute atomic E-state index is 5.85. The van der Waals surface area contributed by atoms with Crippen molar-refractivity contribution in [3.05, 3.63) is 34.9 Å². The molecule has 1 aromatic rings. The number of likely N-dealkylation sites (tertiary alicyclic amines) is 1. The summed E-state index contributed by atoms with van der Waals surface area (Å²) in [5.41, 5.74) is 10.7. The van der Waals surface area contributed by atoms with Crippen molar-refractivity contribution >= 4 is 0 Å². The van der Waals surface area contributed by atoms with Gasteiger partial charge in [0, 0.05) is 12.6 Å². The molecule has 98 valence electrons. The van der Waals surface area contributed by atoms with Gasteiger partial charge in [-0.1, -0.05) is 18.2 Å². The molecule has 2 nitrogen and oxygen atoms in total. The largest absolute Gasteiger partial charge is 0.330 e. The minimum atomic E-state index is 0.603. The first-order chi connectivity index (χ1) is 8.79. The molecule has 2 unspecified atom stereocenters. The fraction of sp³-hybridized carbons (Fsp3) is 0.625. The molecule has 2 heteroatoms. The molecule has 3 rings (SSSR count). The Balaban J connectivity index is 1.92. The van der Waals surface area contributed by atoms with Crippen molar-refractivity contribution < 1.29 is 0 Å². The number of nitrogens with zero attached hydrogens (tertiary/aromatic N) is 1. The molecule has 0 bridgehead atoms. The van der Waals surface area contributed by atoms with E-state index in [0.29, 0.717) is 12.0 Å². The van der Waals surface area contributed by atoms with E-state index in [9.17, 15) is 0 Å². The van der Waals surface area contributed by atoms with Crippen LogP contribution in [0.5, 0.6) is 0 Å². The van der Waals surface area contributed by atoms with Crippen LogP contribution >= 0.6 is 0 Å². The summed E-state index contributed by atoms with van der Waals surface area (Å²) in [5, 5.41) is 0. The van der Waals surface area contributed by atoms with Crippen LogP contribution in [0.2, 0.25) is 0 Å². The van der Waals surface area contributed by atoms with Gasteiger partial charge in [0.1, 0.15) is 0 Å². The highest BCUT2D eigenvalue weighted by atomic mass is 15.2. The van der Waals surface area contributed by atoms with Crippen LogP contribution in [-0.2, 0) is 12.8 Å². The Labute approximate surface area is 110 Å². The van der Waals surface area contributed by atoms with E-state index >= 15 is 0 Å². The van der Waals surface area contributed by atoms with E-state index in [0.717, 1.165) is 13.1 Å². The number of nitrogens with two attached hydrogens (primary N) is 1. The lowest BCUT2D eigenvalue weighted by Crippen LogP contribution is -2.21. The fourth-order valence-electron chi connectivity index (χ4n) is 3.76. The van der Waals surface area contributed by atoms with Crippen molar-refractivity contribution in [3.8, 4) is 0 Å². The lowest BCUT2D eigenvalue weighted by molar-refractivity contribution is 0.311. The first-order valence-electron chi connectivity index (χ1n) is 7.30. The van der Waals surface area contributed by atoms with E-state index in [-0.39, 0.29) is 0 Å². The van der Waals surface area contributed by atoms with E-state index in [4.69, 9.17) is 5.73 Å². The molecule has 1 fully saturated rings. The van der Waals surface area contributed by atoms with Crippen LogP contribution in [0.3, 0.4) is 0 Å². The molecular formula is C16H24N2. The quantitative estimate of drug-likeness (QED) is 0.866. The fourth-order valence-corrected chi connectivity index (χ4v) is 3.76. The van der Waals surface area contributed by atoms with E-state index in [1.165, 1.54) is 32.1 Å². The molecule has 0 aromatic heterocycles. The summed E-state index contributed by atoms with van der Waals surface area (Å²) in [5.74, 6) is 0.680. The number of benzene rings is 1. The zero-order valence-electron chi connectivity index (χ0n) is 11.4. The summed E-state index contributed by atoms with van der Waals surface area (Å²) in [6, 6.07) is 7.53. The highest BCUT2D eigenvalue weighted by Crippen LogP contribution is 2.38. The van der Waals surface area contributed by atoms with Crippen molar-refractivity contribution in [1.29, 1.82) is 0 Å². The molecule has 2 aliphatic rings. The number of hydrogen-bond donors (Lipinski definition) is 1. The first kappa shape index (κ1) is 12.2. The molecular weight excluding hydrogens is 220 g/mol. The van der Waals surface area contributed by atoms with Crippen LogP contribution in [0.25, 0.3) is 0 Å². The second kappa shape index (κ2) is 5.02. The SMILES string of the molecule is CN1CC(CN)CC1c1cccc2c1CCCC2. The Kier molecular flexibility index (Phi) is 3.40. The summed E-state index contributed by atoms with van der Waals surface area (Å²) in [4.78, 5) is 2.50. The third-order valence-corrected chi connectivity index (χ3v) is 4.76. The van der Waals surface area contributed by atoms with Crippen LogP contribution < -0.4 is 5.73 Å². The maximum atomic E-state index is 5.85. The second-order valence-corrected chi connectivity index (χ2v) is 5.98. The van der Waals surface area contributed by atoms with Crippen LogP contribution in [0.4, 0.5) is 0 Å². The average Bonchev–Trinajstić information content (AvgIpc) is 2.79. The molecule has 0 spiro atoms. The Bertz CT molecular complexity index is 427. The lowest BCUT2D eigenvalue weighted by Gasteiger charge is -2.26. The van der Waals surface area contributed by atoms with E-state index < -0.39 is 0 Å². The van der Waals surface area contributed by atoms with Crippen molar-refractivity contribution in [1.82, 2.24) is 4.90 Å². The predicted octanol–water partition coefficient (Wildman–Crippen LogP) is 2.52. The molecule has 0 radical (unpaired) electrons. The van der Waals surface area contributed by atoms with Gasteiger partial charge in [-0.05, 0) is 68.3 Å². The average molecular weight is 244 g/mol. The van der Waals surface area contributed by atoms with E-state index in [1.807, 2.05) is 0 Å². The Morgan fingerprint density at radius 1 is 1.28 bits per heavy atom. The summed E-state index contributed by atoms with van der Waals surface area (Å²) in [7, 11) is 2.25. The van der Waals surface area contributed by atoms with Crippen LogP contribution in [0, 0.1) is 5.92 Å². The molecule has 0 amide bonds. The highest BCUT2D eigenvalue weighted by molar-refractivity contribution is 5.39. The number of aryl methyl sites for hydroxylation is 1. The zero-order chi connectivity index (χ0) is 12.5. The Hall–Kier alpha value is -0.860. The van der Waals surface area contributed by atoms with Crippen molar-refractivity contribution in [3.63, 3.8) is 0 Å². The summed E-state index contributed by atoms with van der Waals surface area (Å²) in [6.07, 6.45) is 6.52. The zero-order valence-corrected chi connectivity index (χ0v) is 11.4. The third kappa shape index (κ3) is 2.08. The smallest absolute Gasteiger partial charge is 0.0351 e. The number of fused-ring (bicyclic) bond motifs is 1. The standard InChI is InChI=1S/C16H24N2/c1-18-11-12(10-17)9-16(18)15-8-4-6-13-5-2-3-7-14(13)15/h4,6,8,12,16H,2-3,5,7,9-11,17H2,1H3. The van der Waals surface area contributed by atoms with Gasteiger partial charge in [-0.2, -0.15) is 0 Å². The Morgan fingerprint density at radius 2 is 2.11 bits per heavy atom. The number of hydrogen-bond acceptors (Lipinski definition) is 2. The number of rotatable bonds is 2. The highest BCUT2D eigenvalue weighted by Gasteiger charge is 2.31. The van der Waals surface area contributed by atoms with Crippen LogP contribution in [0.15, 0.2) is 18.2 Å². The van der Waals surface area contributed by atoms with Crippen molar-refractivity contribution in [2.24, 2.45) is 11.7 Å². The van der Waals surface area contributed by atoms with Gasteiger partial charge in [-0.25, -0.2) is 0 Å². The maximum Gasteiger partial charge on any atom is 0.0351 e. The van der Waals surface area contributed by atoms with Gasteiger partial charge < -0.3 is 5.73 Å². The van der Waals surface area contributed by atoms with Crippen molar-refractivity contribution in [2.75, 3.05) is 20.1 Å². The molecule has 2 atom stereocenters. The summed E-state index contributed by atoms with van der Waals surface area (Å²) in [6.45, 7) is 1.99. The van der Waals surface area contributed by atoms with Crippen LogP contribution in [-0.4, -0.2) is 25.0 Å². The van der Waals surface area contributed by atoms with E-state index in [1.54, 1.807) is 16.7 Å². The van der Waals surface area contributed by atoms with Crippen molar-refractivity contribution in [2.45, 2.75) is 38.1 Å². The molecule has 18 heavy (non-hydrogen) atoms. The van der Waals surface area contributed by atoms with Crippen LogP contribution in [0.1, 0.15) is 42.0 Å². The summed E-state index contributed by atoms with van der Waals surface area (Å²) < 4.78 is 0. The Morgan fingerprint density at radius 3 is 2.89 bits per heavy atom. The molecule has 1 aromatic carbocycles.